The first-order chi connectivity index (χ1) is 9.03. The van der Waals surface area contributed by atoms with Gasteiger partial charge in [0, 0.05) is 0 Å². The minimum atomic E-state index is -4.09. The van der Waals surface area contributed by atoms with Gasteiger partial charge in [0.25, 0.3) is 0 Å². The Balaban J connectivity index is 2.37. The van der Waals surface area contributed by atoms with E-state index in [1.54, 1.807) is 18.2 Å². The summed E-state index contributed by atoms with van der Waals surface area (Å²) in [5.41, 5.74) is -0.335. The lowest BCUT2D eigenvalue weighted by atomic mass is 10.2. The van der Waals surface area contributed by atoms with Crippen LogP contribution in [0.5, 0.6) is 5.75 Å². The molecule has 0 aliphatic carbocycles. The average Bonchev–Trinajstić information content (AvgIpc) is 2.39. The van der Waals surface area contributed by atoms with Gasteiger partial charge in [-0.1, -0.05) is 18.2 Å². The number of halogens is 1. The lowest BCUT2D eigenvalue weighted by molar-refractivity contribution is 0.111. The molecule has 0 N–H and O–H groups in total. The quantitative estimate of drug-likeness (QED) is 0.637. The van der Waals surface area contributed by atoms with Crippen molar-refractivity contribution in [2.24, 2.45) is 0 Å². The first kappa shape index (κ1) is 13.2. The number of benzene rings is 2. The standard InChI is InChI=1S/C13H9FO4S/c14-13-7-6-12(8-10(13)9-15)19(16,17)18-11-4-2-1-3-5-11/h1-9H. The Kier molecular flexibility index (Phi) is 3.62. The van der Waals surface area contributed by atoms with Gasteiger partial charge in [0.05, 0.1) is 5.56 Å². The molecule has 0 saturated carbocycles. The van der Waals surface area contributed by atoms with Crippen LogP contribution in [0.1, 0.15) is 10.4 Å². The maximum atomic E-state index is 13.1. The molecule has 6 heteroatoms. The summed E-state index contributed by atoms with van der Waals surface area (Å²) < 4.78 is 41.8. The van der Waals surface area contributed by atoms with Crippen LogP contribution < -0.4 is 4.18 Å². The number of hydrogen-bond donors (Lipinski definition) is 0. The van der Waals surface area contributed by atoms with E-state index in [9.17, 15) is 17.6 Å². The Labute approximate surface area is 109 Å². The predicted molar refractivity (Wildman–Crippen MR) is 66.0 cm³/mol. The molecule has 0 saturated heterocycles. The maximum absolute atomic E-state index is 13.1. The van der Waals surface area contributed by atoms with Crippen LogP contribution in [0.3, 0.4) is 0 Å². The van der Waals surface area contributed by atoms with Crippen LogP contribution in [0.4, 0.5) is 4.39 Å². The minimum absolute atomic E-state index is 0.138. The zero-order valence-corrected chi connectivity index (χ0v) is 10.4. The highest BCUT2D eigenvalue weighted by molar-refractivity contribution is 7.87. The highest BCUT2D eigenvalue weighted by Crippen LogP contribution is 2.19. The highest BCUT2D eigenvalue weighted by atomic mass is 32.2. The van der Waals surface area contributed by atoms with E-state index in [0.29, 0.717) is 0 Å². The number of carbonyl (C=O) groups is 1. The van der Waals surface area contributed by atoms with E-state index in [0.717, 1.165) is 18.2 Å². The van der Waals surface area contributed by atoms with E-state index >= 15 is 0 Å². The largest absolute Gasteiger partial charge is 0.379 e. The van der Waals surface area contributed by atoms with Crippen LogP contribution >= 0.6 is 0 Å². The van der Waals surface area contributed by atoms with Crippen molar-refractivity contribution in [1.82, 2.24) is 0 Å². The van der Waals surface area contributed by atoms with Crippen molar-refractivity contribution in [1.29, 1.82) is 0 Å². The fourth-order valence-corrected chi connectivity index (χ4v) is 2.39. The molecule has 0 atom stereocenters. The van der Waals surface area contributed by atoms with Gasteiger partial charge in [-0.05, 0) is 30.3 Å². The number of rotatable bonds is 4. The molecule has 2 rings (SSSR count). The fourth-order valence-electron chi connectivity index (χ4n) is 1.42. The van der Waals surface area contributed by atoms with Crippen LogP contribution in [0, 0.1) is 5.82 Å². The van der Waals surface area contributed by atoms with E-state index in [2.05, 4.69) is 0 Å². The predicted octanol–water partition coefficient (Wildman–Crippen LogP) is 2.41. The molecule has 0 bridgehead atoms. The first-order valence-electron chi connectivity index (χ1n) is 5.27. The summed E-state index contributed by atoms with van der Waals surface area (Å²) in [5.74, 6) is -0.645. The molecule has 0 spiro atoms. The monoisotopic (exact) mass is 280 g/mol. The van der Waals surface area contributed by atoms with E-state index in [-0.39, 0.29) is 22.5 Å². The van der Waals surface area contributed by atoms with Crippen molar-refractivity contribution in [3.05, 3.63) is 59.9 Å². The van der Waals surface area contributed by atoms with Crippen molar-refractivity contribution in [3.8, 4) is 5.75 Å². The molecule has 4 nitrogen and oxygen atoms in total. The van der Waals surface area contributed by atoms with Crippen molar-refractivity contribution < 1.29 is 21.8 Å². The van der Waals surface area contributed by atoms with E-state index in [4.69, 9.17) is 4.18 Å². The van der Waals surface area contributed by atoms with E-state index < -0.39 is 15.9 Å². The first-order valence-corrected chi connectivity index (χ1v) is 6.68. The normalized spacial score (nSPS) is 11.0. The van der Waals surface area contributed by atoms with Crippen LogP contribution in [-0.2, 0) is 10.1 Å². The van der Waals surface area contributed by atoms with Gasteiger partial charge in [0.15, 0.2) is 6.29 Å². The molecule has 0 amide bonds. The highest BCUT2D eigenvalue weighted by Gasteiger charge is 2.18. The van der Waals surface area contributed by atoms with Gasteiger partial charge in [-0.2, -0.15) is 8.42 Å². The Morgan fingerprint density at radius 1 is 1.05 bits per heavy atom. The smallest absolute Gasteiger partial charge is 0.339 e. The molecule has 0 heterocycles. The summed E-state index contributed by atoms with van der Waals surface area (Å²) in [4.78, 5) is 10.3. The van der Waals surface area contributed by atoms with Crippen LogP contribution in [0.15, 0.2) is 53.4 Å². The molecular formula is C13H9FO4S. The van der Waals surface area contributed by atoms with Gasteiger partial charge < -0.3 is 4.18 Å². The number of aldehydes is 1. The molecule has 2 aromatic carbocycles. The molecule has 0 fully saturated rings. The molecule has 0 aliphatic heterocycles. The second-order valence-corrected chi connectivity index (χ2v) is 5.20. The zero-order chi connectivity index (χ0) is 13.9. The summed E-state index contributed by atoms with van der Waals surface area (Å²) in [6.45, 7) is 0. The van der Waals surface area contributed by atoms with E-state index in [1.807, 2.05) is 0 Å². The topological polar surface area (TPSA) is 60.4 Å². The summed E-state index contributed by atoms with van der Waals surface area (Å²) in [7, 11) is -4.09. The van der Waals surface area contributed by atoms with Gasteiger partial charge in [-0.3, -0.25) is 4.79 Å². The van der Waals surface area contributed by atoms with Crippen molar-refractivity contribution in [2.45, 2.75) is 4.90 Å². The second kappa shape index (κ2) is 5.19. The van der Waals surface area contributed by atoms with Gasteiger partial charge in [-0.25, -0.2) is 4.39 Å². The summed E-state index contributed by atoms with van der Waals surface area (Å²) >= 11 is 0. The molecule has 2 aromatic rings. The SMILES string of the molecule is O=Cc1cc(S(=O)(=O)Oc2ccccc2)ccc1F. The van der Waals surface area contributed by atoms with Crippen LogP contribution in [0.25, 0.3) is 0 Å². The van der Waals surface area contributed by atoms with Crippen molar-refractivity contribution in [3.63, 3.8) is 0 Å². The average molecular weight is 280 g/mol. The number of para-hydroxylation sites is 1. The molecule has 0 unspecified atom stereocenters. The molecule has 0 aromatic heterocycles. The lowest BCUT2D eigenvalue weighted by Crippen LogP contribution is -2.10. The Morgan fingerprint density at radius 2 is 1.74 bits per heavy atom. The van der Waals surface area contributed by atoms with Crippen LogP contribution in [-0.4, -0.2) is 14.7 Å². The van der Waals surface area contributed by atoms with Gasteiger partial charge in [-0.15, -0.1) is 0 Å². The summed E-state index contributed by atoms with van der Waals surface area (Å²) in [6, 6.07) is 10.8. The summed E-state index contributed by atoms with van der Waals surface area (Å²) in [5, 5.41) is 0. The van der Waals surface area contributed by atoms with Gasteiger partial charge in [0.1, 0.15) is 16.5 Å². The van der Waals surface area contributed by atoms with Gasteiger partial charge >= 0.3 is 10.1 Å². The Morgan fingerprint density at radius 3 is 2.37 bits per heavy atom. The third-order valence-electron chi connectivity index (χ3n) is 2.33. The molecular weight excluding hydrogens is 271 g/mol. The Hall–Kier alpha value is -2.21. The number of carbonyl (C=O) groups excluding carboxylic acids is 1. The number of hydrogen-bond acceptors (Lipinski definition) is 4. The van der Waals surface area contributed by atoms with Gasteiger partial charge in [0.2, 0.25) is 0 Å². The third kappa shape index (κ3) is 2.97. The second-order valence-electron chi connectivity index (χ2n) is 3.65. The third-order valence-corrected chi connectivity index (χ3v) is 3.58. The van der Waals surface area contributed by atoms with Crippen molar-refractivity contribution >= 4 is 16.4 Å². The lowest BCUT2D eigenvalue weighted by Gasteiger charge is -2.07. The fraction of sp³-hybridized carbons (Fsp3) is 0. The summed E-state index contributed by atoms with van der Waals surface area (Å²) in [6.07, 6.45) is 0.247. The maximum Gasteiger partial charge on any atom is 0.339 e. The molecule has 19 heavy (non-hydrogen) atoms. The Bertz CT molecular complexity index is 696. The van der Waals surface area contributed by atoms with Crippen molar-refractivity contribution in [2.75, 3.05) is 0 Å². The molecule has 0 aliphatic rings. The zero-order valence-electron chi connectivity index (χ0n) is 9.62. The minimum Gasteiger partial charge on any atom is -0.379 e. The van der Waals surface area contributed by atoms with Crippen LogP contribution in [0.2, 0.25) is 0 Å². The van der Waals surface area contributed by atoms with E-state index in [1.165, 1.54) is 12.1 Å². The molecule has 98 valence electrons. The molecule has 0 radical (unpaired) electrons.